The van der Waals surface area contributed by atoms with Crippen molar-refractivity contribution in [2.75, 3.05) is 6.26 Å². The van der Waals surface area contributed by atoms with E-state index in [1.54, 1.807) is 18.2 Å². The maximum atomic E-state index is 12.2. The molecule has 0 bridgehead atoms. The Morgan fingerprint density at radius 3 is 2.32 bits per heavy atom. The SMILES string of the molecule is CS(=O)(=O)n1c(-c2ccccc2)cc2cc([N+](=O)[O-])ccc21. The molecule has 0 aliphatic carbocycles. The van der Waals surface area contributed by atoms with Gasteiger partial charge in [-0.2, -0.15) is 0 Å². The molecule has 22 heavy (non-hydrogen) atoms. The minimum atomic E-state index is -3.55. The Bertz CT molecular complexity index is 975. The third-order valence-electron chi connectivity index (χ3n) is 3.35. The lowest BCUT2D eigenvalue weighted by Crippen LogP contribution is -2.11. The lowest BCUT2D eigenvalue weighted by Gasteiger charge is -2.08. The summed E-state index contributed by atoms with van der Waals surface area (Å²) in [4.78, 5) is 10.4. The lowest BCUT2D eigenvalue weighted by atomic mass is 10.1. The number of nitro benzene ring substituents is 1. The Balaban J connectivity index is 2.39. The minimum Gasteiger partial charge on any atom is -0.258 e. The van der Waals surface area contributed by atoms with Crippen LogP contribution in [-0.4, -0.2) is 23.6 Å². The summed E-state index contributed by atoms with van der Waals surface area (Å²) in [6.45, 7) is 0. The zero-order valence-electron chi connectivity index (χ0n) is 11.6. The number of nitro groups is 1. The Hall–Kier alpha value is -2.67. The second-order valence-electron chi connectivity index (χ2n) is 4.92. The zero-order valence-corrected chi connectivity index (χ0v) is 12.4. The highest BCUT2D eigenvalue weighted by atomic mass is 32.2. The van der Waals surface area contributed by atoms with Gasteiger partial charge in [0.1, 0.15) is 0 Å². The van der Waals surface area contributed by atoms with E-state index in [9.17, 15) is 18.5 Å². The first-order chi connectivity index (χ1) is 10.4. The summed E-state index contributed by atoms with van der Waals surface area (Å²) in [6, 6.07) is 14.8. The van der Waals surface area contributed by atoms with Gasteiger partial charge in [-0.1, -0.05) is 30.3 Å². The van der Waals surface area contributed by atoms with Gasteiger partial charge in [-0.15, -0.1) is 0 Å². The second-order valence-corrected chi connectivity index (χ2v) is 6.75. The summed E-state index contributed by atoms with van der Waals surface area (Å²) in [5.74, 6) is 0. The van der Waals surface area contributed by atoms with E-state index in [0.29, 0.717) is 16.6 Å². The molecule has 0 saturated heterocycles. The van der Waals surface area contributed by atoms with Crippen molar-refractivity contribution in [1.29, 1.82) is 0 Å². The molecule has 0 saturated carbocycles. The quantitative estimate of drug-likeness (QED) is 0.549. The van der Waals surface area contributed by atoms with Gasteiger partial charge in [0.05, 0.1) is 22.4 Å². The molecule has 3 rings (SSSR count). The summed E-state index contributed by atoms with van der Waals surface area (Å²) < 4.78 is 25.5. The van der Waals surface area contributed by atoms with Crippen LogP contribution in [0, 0.1) is 10.1 Å². The molecule has 1 aromatic heterocycles. The van der Waals surface area contributed by atoms with Gasteiger partial charge in [0.2, 0.25) is 10.0 Å². The molecule has 0 radical (unpaired) electrons. The van der Waals surface area contributed by atoms with Gasteiger partial charge in [0, 0.05) is 17.5 Å². The van der Waals surface area contributed by atoms with Gasteiger partial charge in [-0.3, -0.25) is 10.1 Å². The molecule has 3 aromatic rings. The molecular formula is C15H12N2O4S. The fourth-order valence-corrected chi connectivity index (χ4v) is 3.50. The standard InChI is InChI=1S/C15H12N2O4S/c1-22(20,21)16-14-8-7-13(17(18)19)9-12(14)10-15(16)11-5-3-2-4-6-11/h2-10H,1H3. The monoisotopic (exact) mass is 316 g/mol. The third-order valence-corrected chi connectivity index (χ3v) is 4.41. The number of rotatable bonds is 3. The first-order valence-electron chi connectivity index (χ1n) is 6.44. The van der Waals surface area contributed by atoms with E-state index < -0.39 is 14.9 Å². The van der Waals surface area contributed by atoms with Crippen molar-refractivity contribution >= 4 is 26.6 Å². The molecule has 1 heterocycles. The van der Waals surface area contributed by atoms with Gasteiger partial charge in [-0.25, -0.2) is 12.4 Å². The molecule has 0 aliphatic rings. The van der Waals surface area contributed by atoms with Crippen LogP contribution < -0.4 is 0 Å². The van der Waals surface area contributed by atoms with Crippen LogP contribution in [0.2, 0.25) is 0 Å². The number of hydrogen-bond donors (Lipinski definition) is 0. The molecule has 6 nitrogen and oxygen atoms in total. The van der Waals surface area contributed by atoms with Gasteiger partial charge in [0.25, 0.3) is 5.69 Å². The number of fused-ring (bicyclic) bond motifs is 1. The summed E-state index contributed by atoms with van der Waals surface area (Å²) in [7, 11) is -3.55. The lowest BCUT2D eigenvalue weighted by molar-refractivity contribution is -0.384. The maximum Gasteiger partial charge on any atom is 0.270 e. The molecule has 2 aromatic carbocycles. The normalized spacial score (nSPS) is 11.7. The van der Waals surface area contributed by atoms with Gasteiger partial charge in [-0.05, 0) is 17.7 Å². The van der Waals surface area contributed by atoms with E-state index >= 15 is 0 Å². The van der Waals surface area contributed by atoms with Gasteiger partial charge in [0.15, 0.2) is 0 Å². The minimum absolute atomic E-state index is 0.0715. The van der Waals surface area contributed by atoms with Crippen molar-refractivity contribution < 1.29 is 13.3 Å². The maximum absolute atomic E-state index is 12.2. The largest absolute Gasteiger partial charge is 0.270 e. The first kappa shape index (κ1) is 14.3. The molecule has 0 unspecified atom stereocenters. The molecule has 7 heteroatoms. The van der Waals surface area contributed by atoms with Crippen LogP contribution in [0.3, 0.4) is 0 Å². The highest BCUT2D eigenvalue weighted by Crippen LogP contribution is 2.31. The Morgan fingerprint density at radius 1 is 1.05 bits per heavy atom. The van der Waals surface area contributed by atoms with Crippen LogP contribution in [0.25, 0.3) is 22.2 Å². The van der Waals surface area contributed by atoms with E-state index in [-0.39, 0.29) is 5.69 Å². The van der Waals surface area contributed by atoms with Crippen molar-refractivity contribution in [2.45, 2.75) is 0 Å². The van der Waals surface area contributed by atoms with Crippen molar-refractivity contribution in [2.24, 2.45) is 0 Å². The van der Waals surface area contributed by atoms with E-state index in [0.717, 1.165) is 11.8 Å². The summed E-state index contributed by atoms with van der Waals surface area (Å²) in [5, 5.41) is 11.4. The fourth-order valence-electron chi connectivity index (χ4n) is 2.46. The van der Waals surface area contributed by atoms with Crippen molar-refractivity contribution in [1.82, 2.24) is 3.97 Å². The van der Waals surface area contributed by atoms with Crippen LogP contribution >= 0.6 is 0 Å². The summed E-state index contributed by atoms with van der Waals surface area (Å²) >= 11 is 0. The van der Waals surface area contributed by atoms with Crippen LogP contribution in [0.15, 0.2) is 54.6 Å². The fraction of sp³-hybridized carbons (Fsp3) is 0.0667. The third kappa shape index (κ3) is 2.35. The number of nitrogens with zero attached hydrogens (tertiary/aromatic N) is 2. The molecule has 0 atom stereocenters. The second kappa shape index (κ2) is 4.96. The number of aromatic nitrogens is 1. The Kier molecular flexibility index (Phi) is 3.22. The van der Waals surface area contributed by atoms with Gasteiger partial charge < -0.3 is 0 Å². The van der Waals surface area contributed by atoms with Crippen molar-refractivity contribution in [3.8, 4) is 11.3 Å². The number of hydrogen-bond acceptors (Lipinski definition) is 4. The summed E-state index contributed by atoms with van der Waals surface area (Å²) in [6.07, 6.45) is 1.11. The predicted octanol–water partition coefficient (Wildman–Crippen LogP) is 3.02. The number of benzene rings is 2. The summed E-state index contributed by atoms with van der Waals surface area (Å²) in [5.41, 5.74) is 1.56. The van der Waals surface area contributed by atoms with Crippen LogP contribution in [0.4, 0.5) is 5.69 Å². The molecule has 0 spiro atoms. The Morgan fingerprint density at radius 2 is 1.73 bits per heavy atom. The van der Waals surface area contributed by atoms with E-state index in [2.05, 4.69) is 0 Å². The molecule has 0 fully saturated rings. The van der Waals surface area contributed by atoms with Crippen LogP contribution in [0.1, 0.15) is 0 Å². The average Bonchev–Trinajstić information content (AvgIpc) is 2.86. The zero-order chi connectivity index (χ0) is 15.9. The molecular weight excluding hydrogens is 304 g/mol. The highest BCUT2D eigenvalue weighted by molar-refractivity contribution is 7.89. The Labute approximate surface area is 126 Å². The number of non-ortho nitro benzene ring substituents is 1. The average molecular weight is 316 g/mol. The van der Waals surface area contributed by atoms with E-state index in [4.69, 9.17) is 0 Å². The molecule has 112 valence electrons. The molecule has 0 N–H and O–H groups in total. The van der Waals surface area contributed by atoms with Crippen LogP contribution in [-0.2, 0) is 10.0 Å². The molecule has 0 aliphatic heterocycles. The van der Waals surface area contributed by atoms with E-state index in [1.807, 2.05) is 18.2 Å². The first-order valence-corrected chi connectivity index (χ1v) is 8.28. The smallest absolute Gasteiger partial charge is 0.258 e. The topological polar surface area (TPSA) is 82.2 Å². The highest BCUT2D eigenvalue weighted by Gasteiger charge is 2.19. The van der Waals surface area contributed by atoms with E-state index in [1.165, 1.54) is 22.2 Å². The molecule has 0 amide bonds. The van der Waals surface area contributed by atoms with Crippen molar-refractivity contribution in [3.05, 3.63) is 64.7 Å². The predicted molar refractivity (Wildman–Crippen MR) is 84.3 cm³/mol. The van der Waals surface area contributed by atoms with Crippen molar-refractivity contribution in [3.63, 3.8) is 0 Å². The van der Waals surface area contributed by atoms with Gasteiger partial charge >= 0.3 is 0 Å². The van der Waals surface area contributed by atoms with Crippen LogP contribution in [0.5, 0.6) is 0 Å².